The standard InChI is InChI=1S/C40H44O5/c1-8-26-10-12-28(13-11-26)39(5,6)31-18-23-35-34(24-31)36(42)27(9-2)25-40(7,45-35)37(43)44-33-21-16-30(17-22-33)38(3,4)29-14-19-32(41)20-15-29/h10-24,27,41H,8-9,25H2,1-7H3. The maximum atomic E-state index is 13.9. The summed E-state index contributed by atoms with van der Waals surface area (Å²) >= 11 is 0. The molecule has 1 aliphatic heterocycles. The van der Waals surface area contributed by atoms with Crippen molar-refractivity contribution < 1.29 is 24.2 Å². The van der Waals surface area contributed by atoms with Gasteiger partial charge in [0.2, 0.25) is 5.60 Å². The number of rotatable bonds is 8. The molecule has 1 aliphatic rings. The van der Waals surface area contributed by atoms with Crippen LogP contribution in [0, 0.1) is 5.92 Å². The minimum atomic E-state index is -1.35. The average Bonchev–Trinajstić information content (AvgIpc) is 3.15. The lowest BCUT2D eigenvalue weighted by atomic mass is 9.76. The highest BCUT2D eigenvalue weighted by Gasteiger charge is 2.45. The number of hydrogen-bond acceptors (Lipinski definition) is 5. The van der Waals surface area contributed by atoms with Gasteiger partial charge in [0.1, 0.15) is 17.2 Å². The quantitative estimate of drug-likeness (QED) is 0.161. The molecular formula is C40H44O5. The van der Waals surface area contributed by atoms with E-state index < -0.39 is 11.6 Å². The van der Waals surface area contributed by atoms with Crippen molar-refractivity contribution in [2.75, 3.05) is 0 Å². The van der Waals surface area contributed by atoms with Crippen LogP contribution in [0.3, 0.4) is 0 Å². The number of benzene rings is 4. The summed E-state index contributed by atoms with van der Waals surface area (Å²) in [5, 5.41) is 9.68. The minimum Gasteiger partial charge on any atom is -0.508 e. The Morgan fingerprint density at radius 1 is 0.822 bits per heavy atom. The van der Waals surface area contributed by atoms with Gasteiger partial charge in [-0.15, -0.1) is 0 Å². The lowest BCUT2D eigenvalue weighted by molar-refractivity contribution is -0.151. The van der Waals surface area contributed by atoms with Gasteiger partial charge < -0.3 is 14.6 Å². The lowest BCUT2D eigenvalue weighted by Gasteiger charge is -2.29. The molecule has 0 radical (unpaired) electrons. The fourth-order valence-electron chi connectivity index (χ4n) is 6.25. The number of hydrogen-bond donors (Lipinski definition) is 1. The Balaban J connectivity index is 1.39. The first kappa shape index (κ1) is 32.0. The molecule has 5 rings (SSSR count). The van der Waals surface area contributed by atoms with Gasteiger partial charge in [-0.3, -0.25) is 4.79 Å². The van der Waals surface area contributed by atoms with Crippen LogP contribution >= 0.6 is 0 Å². The van der Waals surface area contributed by atoms with E-state index in [0.29, 0.717) is 23.5 Å². The normalized spacial score (nSPS) is 18.5. The molecule has 5 nitrogen and oxygen atoms in total. The average molecular weight is 605 g/mol. The number of aromatic hydroxyl groups is 1. The molecule has 0 fully saturated rings. The van der Waals surface area contributed by atoms with E-state index in [-0.39, 0.29) is 34.7 Å². The second kappa shape index (κ2) is 12.2. The largest absolute Gasteiger partial charge is 0.508 e. The van der Waals surface area contributed by atoms with Crippen molar-refractivity contribution in [3.05, 3.63) is 124 Å². The van der Waals surface area contributed by atoms with Crippen LogP contribution in [0.15, 0.2) is 91.0 Å². The third-order valence-electron chi connectivity index (χ3n) is 9.69. The van der Waals surface area contributed by atoms with Crippen molar-refractivity contribution in [1.29, 1.82) is 0 Å². The Bertz CT molecular complexity index is 1680. The molecule has 4 aromatic rings. The first-order valence-corrected chi connectivity index (χ1v) is 15.9. The van der Waals surface area contributed by atoms with Crippen LogP contribution in [0.2, 0.25) is 0 Å². The van der Waals surface area contributed by atoms with Crippen molar-refractivity contribution in [2.24, 2.45) is 5.92 Å². The van der Waals surface area contributed by atoms with E-state index in [1.54, 1.807) is 31.2 Å². The zero-order chi connectivity index (χ0) is 32.6. The molecule has 45 heavy (non-hydrogen) atoms. The summed E-state index contributed by atoms with van der Waals surface area (Å²) in [6.07, 6.45) is 1.78. The Morgan fingerprint density at radius 2 is 1.33 bits per heavy atom. The highest BCUT2D eigenvalue weighted by molar-refractivity contribution is 6.02. The summed E-state index contributed by atoms with van der Waals surface area (Å²) in [5.74, 6) is 0.103. The first-order chi connectivity index (χ1) is 21.3. The maximum Gasteiger partial charge on any atom is 0.355 e. The van der Waals surface area contributed by atoms with Gasteiger partial charge in [-0.25, -0.2) is 4.79 Å². The number of phenolic OH excluding ortho intramolecular Hbond substituents is 1. The molecule has 0 spiro atoms. The summed E-state index contributed by atoms with van der Waals surface area (Å²) < 4.78 is 12.3. The van der Waals surface area contributed by atoms with E-state index in [0.717, 1.165) is 23.1 Å². The fourth-order valence-corrected chi connectivity index (χ4v) is 6.25. The maximum absolute atomic E-state index is 13.9. The predicted octanol–water partition coefficient (Wildman–Crippen LogP) is 8.96. The SMILES string of the molecule is CCc1ccc(C(C)(C)c2ccc3c(c2)C(=O)C(CC)CC(C)(C(=O)Oc2ccc(C(C)(C)c4ccc(O)cc4)cc2)O3)cc1. The van der Waals surface area contributed by atoms with Crippen molar-refractivity contribution in [3.8, 4) is 17.2 Å². The number of carbonyl (C=O) groups is 2. The third-order valence-corrected chi connectivity index (χ3v) is 9.69. The molecule has 2 unspecified atom stereocenters. The fraction of sp³-hybridized carbons (Fsp3) is 0.350. The van der Waals surface area contributed by atoms with Crippen LogP contribution in [-0.4, -0.2) is 22.5 Å². The van der Waals surface area contributed by atoms with Crippen LogP contribution in [-0.2, 0) is 22.0 Å². The molecule has 1 N–H and O–H groups in total. The van der Waals surface area contributed by atoms with Gasteiger partial charge in [0, 0.05) is 23.2 Å². The second-order valence-corrected chi connectivity index (χ2v) is 13.5. The van der Waals surface area contributed by atoms with E-state index >= 15 is 0 Å². The van der Waals surface area contributed by atoms with E-state index in [9.17, 15) is 14.7 Å². The summed E-state index contributed by atoms with van der Waals surface area (Å²) in [4.78, 5) is 27.6. The number of phenols is 1. The van der Waals surface area contributed by atoms with Gasteiger partial charge in [-0.1, -0.05) is 96.1 Å². The summed E-state index contributed by atoms with van der Waals surface area (Å²) in [6, 6.07) is 29.0. The molecule has 234 valence electrons. The second-order valence-electron chi connectivity index (χ2n) is 13.5. The molecule has 0 bridgehead atoms. The number of esters is 1. The van der Waals surface area contributed by atoms with Crippen molar-refractivity contribution >= 4 is 11.8 Å². The topological polar surface area (TPSA) is 72.8 Å². The smallest absolute Gasteiger partial charge is 0.355 e. The molecule has 0 saturated carbocycles. The Kier molecular flexibility index (Phi) is 8.68. The molecular weight excluding hydrogens is 560 g/mol. The van der Waals surface area contributed by atoms with E-state index in [1.807, 2.05) is 49.4 Å². The number of fused-ring (bicyclic) bond motifs is 1. The molecule has 5 heteroatoms. The summed E-state index contributed by atoms with van der Waals surface area (Å²) in [5.41, 5.74) is 4.06. The van der Waals surface area contributed by atoms with Crippen molar-refractivity contribution in [1.82, 2.24) is 0 Å². The van der Waals surface area contributed by atoms with Gasteiger partial charge in [0.25, 0.3) is 0 Å². The van der Waals surface area contributed by atoms with Crippen LogP contribution in [0.25, 0.3) is 0 Å². The van der Waals surface area contributed by atoms with Crippen LogP contribution in [0.5, 0.6) is 17.2 Å². The van der Waals surface area contributed by atoms with Gasteiger partial charge >= 0.3 is 5.97 Å². The van der Waals surface area contributed by atoms with E-state index in [1.165, 1.54) is 11.1 Å². The Labute approximate surface area is 267 Å². The minimum absolute atomic E-state index is 0.0104. The van der Waals surface area contributed by atoms with Gasteiger partial charge in [0.15, 0.2) is 5.78 Å². The highest BCUT2D eigenvalue weighted by Crippen LogP contribution is 2.41. The van der Waals surface area contributed by atoms with Crippen LogP contribution in [0.1, 0.15) is 99.5 Å². The monoisotopic (exact) mass is 604 g/mol. The molecule has 0 saturated heterocycles. The molecule has 4 aromatic carbocycles. The zero-order valence-corrected chi connectivity index (χ0v) is 27.4. The number of aryl methyl sites for hydroxylation is 1. The number of carbonyl (C=O) groups excluding carboxylic acids is 2. The van der Waals surface area contributed by atoms with Crippen LogP contribution < -0.4 is 9.47 Å². The zero-order valence-electron chi connectivity index (χ0n) is 27.4. The summed E-state index contributed by atoms with van der Waals surface area (Å²) in [7, 11) is 0. The van der Waals surface area contributed by atoms with Crippen LogP contribution in [0.4, 0.5) is 0 Å². The van der Waals surface area contributed by atoms with E-state index in [4.69, 9.17) is 9.47 Å². The number of Topliss-reactive ketones (excluding diaryl/α,β-unsaturated/α-hetero) is 1. The lowest BCUT2D eigenvalue weighted by Crippen LogP contribution is -2.45. The van der Waals surface area contributed by atoms with Gasteiger partial charge in [-0.05, 0) is 84.0 Å². The number of ether oxygens (including phenoxy) is 2. The molecule has 0 aromatic heterocycles. The van der Waals surface area contributed by atoms with E-state index in [2.05, 4.69) is 58.9 Å². The Morgan fingerprint density at radius 3 is 1.89 bits per heavy atom. The summed E-state index contributed by atoms with van der Waals surface area (Å²) in [6.45, 7) is 14.4. The van der Waals surface area contributed by atoms with Crippen molar-refractivity contribution in [3.63, 3.8) is 0 Å². The Hall–Kier alpha value is -4.38. The molecule has 2 atom stereocenters. The highest BCUT2D eigenvalue weighted by atomic mass is 16.6. The predicted molar refractivity (Wildman–Crippen MR) is 178 cm³/mol. The molecule has 0 aliphatic carbocycles. The molecule has 1 heterocycles. The van der Waals surface area contributed by atoms with Gasteiger partial charge in [-0.2, -0.15) is 0 Å². The first-order valence-electron chi connectivity index (χ1n) is 15.9. The van der Waals surface area contributed by atoms with Gasteiger partial charge in [0.05, 0.1) is 5.56 Å². The van der Waals surface area contributed by atoms with Crippen molar-refractivity contribution in [2.45, 2.75) is 84.2 Å². The molecule has 0 amide bonds. The third kappa shape index (κ3) is 6.26. The number of ketones is 1.